The lowest BCUT2D eigenvalue weighted by Crippen LogP contribution is -2.40. The zero-order chi connectivity index (χ0) is 17.0. The van der Waals surface area contributed by atoms with E-state index in [-0.39, 0.29) is 22.7 Å². The molecule has 2 fully saturated rings. The molecule has 0 radical (unpaired) electrons. The van der Waals surface area contributed by atoms with Crippen LogP contribution < -0.4 is 0 Å². The Kier molecular flexibility index (Phi) is 3.54. The first kappa shape index (κ1) is 16.0. The number of hydrogen-bond acceptors (Lipinski definition) is 3. The summed E-state index contributed by atoms with van der Waals surface area (Å²) in [5.41, 5.74) is 1.37. The molecule has 3 rings (SSSR count). The zero-order valence-corrected chi connectivity index (χ0v) is 14.3. The summed E-state index contributed by atoms with van der Waals surface area (Å²) in [6.07, 6.45) is 2.35. The Balaban J connectivity index is 1.69. The molecule has 1 aromatic rings. The lowest BCUT2D eigenvalue weighted by molar-refractivity contribution is -0.139. The summed E-state index contributed by atoms with van der Waals surface area (Å²) in [5.74, 6) is -0.895. The molecule has 1 aliphatic heterocycles. The molecule has 1 unspecified atom stereocenters. The molecular formula is C17H25N3O3. The molecule has 1 amide bonds. The van der Waals surface area contributed by atoms with Crippen LogP contribution in [0.4, 0.5) is 0 Å². The monoisotopic (exact) mass is 319 g/mol. The Labute approximate surface area is 136 Å². The lowest BCUT2D eigenvalue weighted by atomic mass is 9.90. The van der Waals surface area contributed by atoms with E-state index in [1.54, 1.807) is 11.7 Å². The molecule has 2 heterocycles. The Hall–Kier alpha value is -1.85. The molecule has 0 aromatic carbocycles. The highest BCUT2D eigenvalue weighted by Crippen LogP contribution is 2.59. The molecular weight excluding hydrogens is 294 g/mol. The number of nitrogens with zero attached hydrogens (tertiary/aromatic N) is 3. The number of aryl methyl sites for hydroxylation is 1. The van der Waals surface area contributed by atoms with Crippen LogP contribution in [-0.4, -0.2) is 44.8 Å². The quantitative estimate of drug-likeness (QED) is 0.905. The van der Waals surface area contributed by atoms with Gasteiger partial charge in [-0.2, -0.15) is 5.10 Å². The van der Waals surface area contributed by atoms with Crippen molar-refractivity contribution in [1.82, 2.24) is 14.7 Å². The highest BCUT2D eigenvalue weighted by Gasteiger charge is 2.59. The fraction of sp³-hybridized carbons (Fsp3) is 0.706. The molecule has 1 atom stereocenters. The third-order valence-corrected chi connectivity index (χ3v) is 5.40. The topological polar surface area (TPSA) is 75.4 Å². The second-order valence-corrected chi connectivity index (χ2v) is 8.04. The van der Waals surface area contributed by atoms with Crippen LogP contribution in [0.2, 0.25) is 0 Å². The van der Waals surface area contributed by atoms with E-state index in [1.807, 2.05) is 11.0 Å². The SMILES string of the molecule is Cn1nc(C(C)(C)C)cc1C(=O)N1CCC2(CC1)CC2C(=O)O. The molecule has 23 heavy (non-hydrogen) atoms. The minimum Gasteiger partial charge on any atom is -0.481 e. The number of piperidine rings is 1. The van der Waals surface area contributed by atoms with Gasteiger partial charge in [0.1, 0.15) is 5.69 Å². The fourth-order valence-corrected chi connectivity index (χ4v) is 3.60. The van der Waals surface area contributed by atoms with Crippen molar-refractivity contribution in [3.8, 4) is 0 Å². The maximum Gasteiger partial charge on any atom is 0.307 e. The first-order valence-corrected chi connectivity index (χ1v) is 8.21. The Bertz CT molecular complexity index is 649. The third kappa shape index (κ3) is 2.75. The van der Waals surface area contributed by atoms with Crippen molar-refractivity contribution < 1.29 is 14.7 Å². The lowest BCUT2D eigenvalue weighted by Gasteiger charge is -2.32. The zero-order valence-electron chi connectivity index (χ0n) is 14.3. The molecule has 0 bridgehead atoms. The van der Waals surface area contributed by atoms with E-state index >= 15 is 0 Å². The summed E-state index contributed by atoms with van der Waals surface area (Å²) in [6.45, 7) is 7.51. The second kappa shape index (κ2) is 5.08. The summed E-state index contributed by atoms with van der Waals surface area (Å²) >= 11 is 0. The standard InChI is InChI=1S/C17H25N3O3/c1-16(2,3)13-9-12(19(4)18-13)14(21)20-7-5-17(6-8-20)10-11(17)15(22)23/h9,11H,5-8,10H2,1-4H3,(H,22,23). The van der Waals surface area contributed by atoms with Crippen LogP contribution >= 0.6 is 0 Å². The predicted molar refractivity (Wildman–Crippen MR) is 85.2 cm³/mol. The predicted octanol–water partition coefficient (Wildman–Crippen LogP) is 2.04. The molecule has 1 aliphatic carbocycles. The Morgan fingerprint density at radius 3 is 2.35 bits per heavy atom. The van der Waals surface area contributed by atoms with E-state index in [9.17, 15) is 9.59 Å². The molecule has 1 aromatic heterocycles. The van der Waals surface area contributed by atoms with Crippen molar-refractivity contribution in [1.29, 1.82) is 0 Å². The maximum absolute atomic E-state index is 12.8. The van der Waals surface area contributed by atoms with Crippen molar-refractivity contribution in [3.05, 3.63) is 17.5 Å². The van der Waals surface area contributed by atoms with Crippen LogP contribution in [-0.2, 0) is 17.3 Å². The number of rotatable bonds is 2. The molecule has 6 nitrogen and oxygen atoms in total. The number of likely N-dealkylation sites (tertiary alicyclic amines) is 1. The molecule has 126 valence electrons. The molecule has 1 N–H and O–H groups in total. The van der Waals surface area contributed by atoms with Crippen LogP contribution in [0.5, 0.6) is 0 Å². The van der Waals surface area contributed by atoms with Gasteiger partial charge in [-0.1, -0.05) is 20.8 Å². The molecule has 2 aliphatic rings. The number of aromatic nitrogens is 2. The van der Waals surface area contributed by atoms with Gasteiger partial charge < -0.3 is 10.0 Å². The van der Waals surface area contributed by atoms with Crippen LogP contribution in [0.3, 0.4) is 0 Å². The summed E-state index contributed by atoms with van der Waals surface area (Å²) < 4.78 is 1.66. The Morgan fingerprint density at radius 2 is 1.91 bits per heavy atom. The first-order valence-electron chi connectivity index (χ1n) is 8.21. The summed E-state index contributed by atoms with van der Waals surface area (Å²) in [6, 6.07) is 1.88. The average Bonchev–Trinajstić information content (AvgIpc) is 3.01. The van der Waals surface area contributed by atoms with E-state index in [0.29, 0.717) is 18.8 Å². The van der Waals surface area contributed by atoms with E-state index in [0.717, 1.165) is 25.0 Å². The Morgan fingerprint density at radius 1 is 1.30 bits per heavy atom. The van der Waals surface area contributed by atoms with Crippen LogP contribution in [0.1, 0.15) is 56.2 Å². The normalized spacial score (nSPS) is 23.1. The molecule has 1 spiro atoms. The summed E-state index contributed by atoms with van der Waals surface area (Å²) in [7, 11) is 1.80. The smallest absolute Gasteiger partial charge is 0.307 e. The van der Waals surface area contributed by atoms with E-state index in [4.69, 9.17) is 5.11 Å². The minimum atomic E-state index is -0.689. The highest BCUT2D eigenvalue weighted by atomic mass is 16.4. The number of carbonyl (C=O) groups excluding carboxylic acids is 1. The molecule has 6 heteroatoms. The minimum absolute atomic E-state index is 0.00197. The van der Waals surface area contributed by atoms with Gasteiger partial charge in [0.25, 0.3) is 5.91 Å². The number of carboxylic acids is 1. The summed E-state index contributed by atoms with van der Waals surface area (Å²) in [4.78, 5) is 25.7. The number of amides is 1. The van der Waals surface area contributed by atoms with Gasteiger partial charge >= 0.3 is 5.97 Å². The number of aliphatic carboxylic acids is 1. The van der Waals surface area contributed by atoms with Gasteiger partial charge in [0.05, 0.1) is 11.6 Å². The van der Waals surface area contributed by atoms with E-state index in [2.05, 4.69) is 25.9 Å². The first-order chi connectivity index (χ1) is 10.6. The van der Waals surface area contributed by atoms with Crippen molar-refractivity contribution in [2.45, 2.75) is 45.4 Å². The van der Waals surface area contributed by atoms with Gasteiger partial charge in [-0.3, -0.25) is 14.3 Å². The van der Waals surface area contributed by atoms with E-state index in [1.165, 1.54) is 0 Å². The third-order valence-electron chi connectivity index (χ3n) is 5.40. The maximum atomic E-state index is 12.8. The van der Waals surface area contributed by atoms with Gasteiger partial charge in [-0.05, 0) is 30.7 Å². The van der Waals surface area contributed by atoms with Gasteiger partial charge in [-0.15, -0.1) is 0 Å². The van der Waals surface area contributed by atoms with Crippen LogP contribution in [0.15, 0.2) is 6.07 Å². The summed E-state index contributed by atoms with van der Waals surface area (Å²) in [5, 5.41) is 13.6. The van der Waals surface area contributed by atoms with Gasteiger partial charge in [0.15, 0.2) is 0 Å². The van der Waals surface area contributed by atoms with Crippen molar-refractivity contribution in [2.75, 3.05) is 13.1 Å². The molecule has 1 saturated carbocycles. The van der Waals surface area contributed by atoms with E-state index < -0.39 is 5.97 Å². The number of carboxylic acid groups (broad SMARTS) is 1. The van der Waals surface area contributed by atoms with Crippen LogP contribution in [0, 0.1) is 11.3 Å². The van der Waals surface area contributed by atoms with Crippen molar-refractivity contribution in [3.63, 3.8) is 0 Å². The fourth-order valence-electron chi connectivity index (χ4n) is 3.60. The highest BCUT2D eigenvalue weighted by molar-refractivity contribution is 5.93. The number of hydrogen-bond donors (Lipinski definition) is 1. The molecule has 1 saturated heterocycles. The largest absolute Gasteiger partial charge is 0.481 e. The van der Waals surface area contributed by atoms with Crippen molar-refractivity contribution >= 4 is 11.9 Å². The van der Waals surface area contributed by atoms with Crippen LogP contribution in [0.25, 0.3) is 0 Å². The average molecular weight is 319 g/mol. The van der Waals surface area contributed by atoms with Gasteiger partial charge in [-0.25, -0.2) is 0 Å². The van der Waals surface area contributed by atoms with Crippen molar-refractivity contribution in [2.24, 2.45) is 18.4 Å². The van der Waals surface area contributed by atoms with Gasteiger partial charge in [0.2, 0.25) is 0 Å². The van der Waals surface area contributed by atoms with Gasteiger partial charge in [0, 0.05) is 25.6 Å². The number of carbonyl (C=O) groups is 2. The second-order valence-electron chi connectivity index (χ2n) is 8.04.